The third-order valence-electron chi connectivity index (χ3n) is 5.43. The number of carbonyl (C=O) groups is 2. The lowest BCUT2D eigenvalue weighted by molar-refractivity contribution is -0.138. The van der Waals surface area contributed by atoms with Gasteiger partial charge in [-0.1, -0.05) is 50.8 Å². The van der Waals surface area contributed by atoms with Gasteiger partial charge in [0.25, 0.3) is 0 Å². The SMILES string of the molecule is COc1ccc(C)cc1CN(C)C(=O)[C@@H](NC(=O)C1CCCCC1)C(C)C. The van der Waals surface area contributed by atoms with Crippen LogP contribution in [0.3, 0.4) is 0 Å². The van der Waals surface area contributed by atoms with Crippen LogP contribution in [-0.2, 0) is 16.1 Å². The van der Waals surface area contributed by atoms with Crippen LogP contribution in [-0.4, -0.2) is 36.9 Å². The average Bonchev–Trinajstić information content (AvgIpc) is 2.66. The Morgan fingerprint density at radius 1 is 1.22 bits per heavy atom. The van der Waals surface area contributed by atoms with E-state index in [2.05, 4.69) is 5.32 Å². The highest BCUT2D eigenvalue weighted by molar-refractivity contribution is 5.88. The molecule has 0 aromatic heterocycles. The van der Waals surface area contributed by atoms with Gasteiger partial charge in [-0.3, -0.25) is 9.59 Å². The number of ether oxygens (including phenoxy) is 1. The summed E-state index contributed by atoms with van der Waals surface area (Å²) < 4.78 is 5.43. The van der Waals surface area contributed by atoms with E-state index in [1.807, 2.05) is 39.0 Å². The lowest BCUT2D eigenvalue weighted by atomic mass is 9.88. The number of likely N-dealkylation sites (N-methyl/N-ethyl adjacent to an activating group) is 1. The van der Waals surface area contributed by atoms with E-state index >= 15 is 0 Å². The quantitative estimate of drug-likeness (QED) is 0.792. The van der Waals surface area contributed by atoms with Gasteiger partial charge in [0.05, 0.1) is 7.11 Å². The third kappa shape index (κ3) is 5.72. The molecule has 1 saturated carbocycles. The lowest BCUT2D eigenvalue weighted by Crippen LogP contribution is -2.51. The van der Waals surface area contributed by atoms with Crippen LogP contribution in [0.1, 0.15) is 57.1 Å². The second kappa shape index (κ2) is 9.77. The number of aryl methyl sites for hydroxylation is 1. The third-order valence-corrected chi connectivity index (χ3v) is 5.43. The Bertz CT molecular complexity index is 651. The molecule has 150 valence electrons. The minimum Gasteiger partial charge on any atom is -0.496 e. The van der Waals surface area contributed by atoms with Crippen molar-refractivity contribution < 1.29 is 14.3 Å². The zero-order valence-corrected chi connectivity index (χ0v) is 17.4. The van der Waals surface area contributed by atoms with Crippen molar-refractivity contribution in [3.8, 4) is 5.75 Å². The van der Waals surface area contributed by atoms with E-state index in [1.165, 1.54) is 6.42 Å². The Kier molecular flexibility index (Phi) is 7.69. The van der Waals surface area contributed by atoms with Crippen LogP contribution in [0, 0.1) is 18.8 Å². The second-order valence-electron chi connectivity index (χ2n) is 8.07. The highest BCUT2D eigenvalue weighted by Gasteiger charge is 2.30. The molecule has 0 saturated heterocycles. The summed E-state index contributed by atoms with van der Waals surface area (Å²) in [5.74, 6) is 0.829. The van der Waals surface area contributed by atoms with Crippen LogP contribution < -0.4 is 10.1 Å². The predicted octanol–water partition coefficient (Wildman–Crippen LogP) is 3.68. The molecule has 0 spiro atoms. The van der Waals surface area contributed by atoms with Crippen molar-refractivity contribution in [3.05, 3.63) is 29.3 Å². The monoisotopic (exact) mass is 374 g/mol. The van der Waals surface area contributed by atoms with Gasteiger partial charge in [-0.15, -0.1) is 0 Å². The molecular weight excluding hydrogens is 340 g/mol. The first-order chi connectivity index (χ1) is 12.8. The minimum absolute atomic E-state index is 0.0308. The normalized spacial score (nSPS) is 16.1. The summed E-state index contributed by atoms with van der Waals surface area (Å²) in [7, 11) is 3.42. The number of methoxy groups -OCH3 is 1. The van der Waals surface area contributed by atoms with Crippen LogP contribution in [0.15, 0.2) is 18.2 Å². The summed E-state index contributed by atoms with van der Waals surface area (Å²) in [6, 6.07) is 5.45. The molecule has 0 heterocycles. The topological polar surface area (TPSA) is 58.6 Å². The van der Waals surface area contributed by atoms with Gasteiger partial charge < -0.3 is 15.0 Å². The molecule has 5 heteroatoms. The van der Waals surface area contributed by atoms with Crippen molar-refractivity contribution in [3.63, 3.8) is 0 Å². The molecule has 1 N–H and O–H groups in total. The van der Waals surface area contributed by atoms with Crippen molar-refractivity contribution in [2.24, 2.45) is 11.8 Å². The molecule has 1 aliphatic carbocycles. The summed E-state index contributed by atoms with van der Waals surface area (Å²) in [4.78, 5) is 27.4. The Balaban J connectivity index is 2.06. The first-order valence-corrected chi connectivity index (χ1v) is 10.0. The van der Waals surface area contributed by atoms with Gasteiger partial charge in [-0.2, -0.15) is 0 Å². The fourth-order valence-electron chi connectivity index (χ4n) is 3.75. The molecule has 1 fully saturated rings. The molecule has 0 aliphatic heterocycles. The van der Waals surface area contributed by atoms with Crippen molar-refractivity contribution in [1.82, 2.24) is 10.2 Å². The standard InChI is InChI=1S/C22H34N2O3/c1-15(2)20(23-21(25)17-9-7-6-8-10-17)22(26)24(4)14-18-13-16(3)11-12-19(18)27-5/h11-13,15,17,20H,6-10,14H2,1-5H3,(H,23,25)/t20-/m0/s1. The average molecular weight is 375 g/mol. The maximum Gasteiger partial charge on any atom is 0.245 e. The van der Waals surface area contributed by atoms with Crippen molar-refractivity contribution in [2.75, 3.05) is 14.2 Å². The molecule has 1 aromatic carbocycles. The first kappa shape index (κ1) is 21.3. The summed E-state index contributed by atoms with van der Waals surface area (Å²) in [6.45, 7) is 6.42. The van der Waals surface area contributed by atoms with Gasteiger partial charge in [0.15, 0.2) is 0 Å². The molecule has 5 nitrogen and oxygen atoms in total. The van der Waals surface area contributed by atoms with E-state index < -0.39 is 6.04 Å². The summed E-state index contributed by atoms with van der Waals surface area (Å²) in [5.41, 5.74) is 2.09. The van der Waals surface area contributed by atoms with Crippen LogP contribution in [0.25, 0.3) is 0 Å². The van der Waals surface area contributed by atoms with Crippen LogP contribution >= 0.6 is 0 Å². The second-order valence-corrected chi connectivity index (χ2v) is 8.07. The van der Waals surface area contributed by atoms with E-state index in [9.17, 15) is 9.59 Å². The molecule has 1 atom stereocenters. The highest BCUT2D eigenvalue weighted by Crippen LogP contribution is 2.25. The van der Waals surface area contributed by atoms with Gasteiger partial charge in [-0.25, -0.2) is 0 Å². The first-order valence-electron chi connectivity index (χ1n) is 10.0. The molecular formula is C22H34N2O3. The lowest BCUT2D eigenvalue weighted by Gasteiger charge is -2.30. The molecule has 1 aromatic rings. The maximum absolute atomic E-state index is 13.1. The molecule has 0 radical (unpaired) electrons. The van der Waals surface area contributed by atoms with Crippen molar-refractivity contribution in [2.45, 2.75) is 65.5 Å². The Hall–Kier alpha value is -2.04. The number of amides is 2. The van der Waals surface area contributed by atoms with Crippen molar-refractivity contribution >= 4 is 11.8 Å². The number of hydrogen-bond acceptors (Lipinski definition) is 3. The van der Waals surface area contributed by atoms with Crippen LogP contribution in [0.4, 0.5) is 0 Å². The van der Waals surface area contributed by atoms with Gasteiger partial charge in [0, 0.05) is 25.1 Å². The highest BCUT2D eigenvalue weighted by atomic mass is 16.5. The fourth-order valence-corrected chi connectivity index (χ4v) is 3.75. The fraction of sp³-hybridized carbons (Fsp3) is 0.636. The Morgan fingerprint density at radius 2 is 1.89 bits per heavy atom. The minimum atomic E-state index is -0.500. The Morgan fingerprint density at radius 3 is 2.48 bits per heavy atom. The summed E-state index contributed by atoms with van der Waals surface area (Å²) in [5, 5.41) is 3.03. The van der Waals surface area contributed by atoms with Crippen LogP contribution in [0.2, 0.25) is 0 Å². The van der Waals surface area contributed by atoms with Gasteiger partial charge in [-0.05, 0) is 31.7 Å². The van der Waals surface area contributed by atoms with E-state index in [1.54, 1.807) is 19.1 Å². The molecule has 1 aliphatic rings. The molecule has 0 unspecified atom stereocenters. The van der Waals surface area contributed by atoms with Gasteiger partial charge in [0.1, 0.15) is 11.8 Å². The van der Waals surface area contributed by atoms with Crippen molar-refractivity contribution in [1.29, 1.82) is 0 Å². The smallest absolute Gasteiger partial charge is 0.245 e. The number of nitrogens with zero attached hydrogens (tertiary/aromatic N) is 1. The zero-order valence-electron chi connectivity index (χ0n) is 17.4. The van der Waals surface area contributed by atoms with E-state index in [-0.39, 0.29) is 23.7 Å². The number of benzene rings is 1. The van der Waals surface area contributed by atoms with E-state index in [0.29, 0.717) is 6.54 Å². The zero-order chi connectivity index (χ0) is 20.0. The number of carbonyl (C=O) groups excluding carboxylic acids is 2. The summed E-state index contributed by atoms with van der Waals surface area (Å²) in [6.07, 6.45) is 5.27. The number of hydrogen-bond donors (Lipinski definition) is 1. The number of nitrogens with one attached hydrogen (secondary N) is 1. The van der Waals surface area contributed by atoms with Gasteiger partial charge in [0.2, 0.25) is 11.8 Å². The molecule has 0 bridgehead atoms. The van der Waals surface area contributed by atoms with E-state index in [0.717, 1.165) is 42.6 Å². The van der Waals surface area contributed by atoms with Gasteiger partial charge >= 0.3 is 0 Å². The van der Waals surface area contributed by atoms with Crippen LogP contribution in [0.5, 0.6) is 5.75 Å². The largest absolute Gasteiger partial charge is 0.496 e. The molecule has 2 rings (SSSR count). The molecule has 27 heavy (non-hydrogen) atoms. The maximum atomic E-state index is 13.1. The number of rotatable bonds is 7. The molecule has 2 amide bonds. The predicted molar refractivity (Wildman–Crippen MR) is 108 cm³/mol. The summed E-state index contributed by atoms with van der Waals surface area (Å²) >= 11 is 0. The Labute approximate surface area is 163 Å². The van der Waals surface area contributed by atoms with E-state index in [4.69, 9.17) is 4.74 Å².